The lowest BCUT2D eigenvalue weighted by Crippen LogP contribution is -2.09. The molecule has 0 atom stereocenters. The van der Waals surface area contributed by atoms with E-state index in [1.807, 2.05) is 72.8 Å². The number of hydrogen-bond acceptors (Lipinski definition) is 3. The first-order valence-electron chi connectivity index (χ1n) is 9.82. The molecule has 152 valence electrons. The third kappa shape index (κ3) is 3.40. The molecule has 5 heteroatoms. The highest BCUT2D eigenvalue weighted by Crippen LogP contribution is 2.47. The molecule has 4 aromatic rings. The van der Waals surface area contributed by atoms with Gasteiger partial charge in [-0.3, -0.25) is 0 Å². The molecule has 0 bridgehead atoms. The van der Waals surface area contributed by atoms with Crippen LogP contribution in [0.25, 0.3) is 9.39 Å². The van der Waals surface area contributed by atoms with Gasteiger partial charge in [0.15, 0.2) is 0 Å². The molecule has 0 N–H and O–H groups in total. The lowest BCUT2D eigenvalue weighted by atomic mass is 10.1. The van der Waals surface area contributed by atoms with Gasteiger partial charge in [0.25, 0.3) is 0 Å². The van der Waals surface area contributed by atoms with E-state index in [0.29, 0.717) is 25.4 Å². The molecule has 0 aliphatic carbocycles. The van der Waals surface area contributed by atoms with Gasteiger partial charge in [-0.2, -0.15) is 0 Å². The maximum absolute atomic E-state index is 13.2. The largest absolute Gasteiger partial charge is 0.311 e. The zero-order chi connectivity index (χ0) is 21.4. The summed E-state index contributed by atoms with van der Waals surface area (Å²) in [7, 11) is -3.57. The van der Waals surface area contributed by atoms with Crippen molar-refractivity contribution in [2.45, 2.75) is 4.90 Å². The van der Waals surface area contributed by atoms with Crippen LogP contribution < -0.4 is 4.90 Å². The normalized spacial score (nSPS) is 14.4. The molecule has 1 heterocycles. The zero-order valence-electron chi connectivity index (χ0n) is 16.4. The van der Waals surface area contributed by atoms with Crippen LogP contribution in [0.3, 0.4) is 0 Å². The summed E-state index contributed by atoms with van der Waals surface area (Å²) >= 11 is 3.53. The molecule has 0 spiro atoms. The molecule has 5 rings (SSSR count). The van der Waals surface area contributed by atoms with E-state index in [4.69, 9.17) is 0 Å². The number of benzene rings is 4. The number of sulfone groups is 1. The quantitative estimate of drug-likeness (QED) is 0.306. The first kappa shape index (κ1) is 19.8. The summed E-state index contributed by atoms with van der Waals surface area (Å²) in [5.41, 5.74) is 4.38. The van der Waals surface area contributed by atoms with Gasteiger partial charge in [-0.25, -0.2) is 8.42 Å². The van der Waals surface area contributed by atoms with Crippen LogP contribution in [0.1, 0.15) is 11.1 Å². The Morgan fingerprint density at radius 3 is 1.61 bits per heavy atom. The average Bonchev–Trinajstić information content (AvgIpc) is 3.02. The summed E-state index contributed by atoms with van der Waals surface area (Å²) in [5.74, 6) is 0. The van der Waals surface area contributed by atoms with Crippen LogP contribution in [0.5, 0.6) is 0 Å². The van der Waals surface area contributed by atoms with Crippen LogP contribution in [0.4, 0.5) is 17.1 Å². The van der Waals surface area contributed by atoms with E-state index in [1.165, 1.54) is 0 Å². The Morgan fingerprint density at radius 1 is 0.581 bits per heavy atom. The Labute approximate surface area is 190 Å². The lowest BCUT2D eigenvalue weighted by Gasteiger charge is -2.25. The van der Waals surface area contributed by atoms with Crippen molar-refractivity contribution in [3.63, 3.8) is 0 Å². The van der Waals surface area contributed by atoms with E-state index in [9.17, 15) is 8.42 Å². The monoisotopic (exact) mass is 487 g/mol. The van der Waals surface area contributed by atoms with Gasteiger partial charge in [-0.05, 0) is 64.0 Å². The molecule has 3 nitrogen and oxygen atoms in total. The van der Waals surface area contributed by atoms with Crippen LogP contribution in [0.2, 0.25) is 0 Å². The topological polar surface area (TPSA) is 37.4 Å². The van der Waals surface area contributed by atoms with Crippen LogP contribution in [-0.4, -0.2) is 8.42 Å². The number of nitrogens with zero attached hydrogens (tertiary/aromatic N) is 1. The van der Waals surface area contributed by atoms with Gasteiger partial charge in [0.05, 0.1) is 9.80 Å². The van der Waals surface area contributed by atoms with Gasteiger partial charge in [-0.15, -0.1) is 0 Å². The maximum atomic E-state index is 13.2. The second-order valence-electron chi connectivity index (χ2n) is 7.20. The Morgan fingerprint density at radius 2 is 1.06 bits per heavy atom. The van der Waals surface area contributed by atoms with E-state index in [0.717, 1.165) is 17.1 Å². The second kappa shape index (κ2) is 7.84. The highest BCUT2D eigenvalue weighted by atomic mass is 79.9. The number of rotatable bonds is 4. The summed E-state index contributed by atoms with van der Waals surface area (Å²) in [6, 6.07) is 34.9. The summed E-state index contributed by atoms with van der Waals surface area (Å²) in [6.45, 7) is 0. The lowest BCUT2D eigenvalue weighted by molar-refractivity contribution is 0.606. The molecule has 0 unspecified atom stereocenters. The van der Waals surface area contributed by atoms with Crippen LogP contribution in [0, 0.1) is 0 Å². The minimum atomic E-state index is -3.57. The molecule has 0 saturated heterocycles. The fourth-order valence-corrected chi connectivity index (χ4v) is 6.95. The van der Waals surface area contributed by atoms with E-state index < -0.39 is 9.84 Å². The minimum Gasteiger partial charge on any atom is -0.311 e. The van der Waals surface area contributed by atoms with Gasteiger partial charge in [0, 0.05) is 27.1 Å². The Bertz CT molecular complexity index is 1340. The van der Waals surface area contributed by atoms with Crippen molar-refractivity contribution < 1.29 is 8.42 Å². The van der Waals surface area contributed by atoms with Crippen LogP contribution in [0.15, 0.2) is 114 Å². The van der Waals surface area contributed by atoms with E-state index in [-0.39, 0.29) is 0 Å². The number of hydrogen-bond donors (Lipinski definition) is 0. The van der Waals surface area contributed by atoms with Crippen molar-refractivity contribution in [2.75, 3.05) is 4.90 Å². The molecule has 0 fully saturated rings. The number of halogens is 1. The van der Waals surface area contributed by atoms with Gasteiger partial charge in [-0.1, -0.05) is 66.7 Å². The molecule has 1 aliphatic heterocycles. The van der Waals surface area contributed by atoms with Crippen molar-refractivity contribution in [1.82, 2.24) is 0 Å². The number of para-hydroxylation sites is 2. The van der Waals surface area contributed by atoms with Gasteiger partial charge in [0.2, 0.25) is 9.84 Å². The van der Waals surface area contributed by atoms with Crippen molar-refractivity contribution >= 4 is 52.2 Å². The Hall–Kier alpha value is -3.15. The highest BCUT2D eigenvalue weighted by Gasteiger charge is 2.35. The maximum Gasteiger partial charge on any atom is 0.208 e. The second-order valence-corrected chi connectivity index (χ2v) is 9.84. The molecule has 0 aromatic heterocycles. The number of anilines is 3. The zero-order valence-corrected chi connectivity index (χ0v) is 18.8. The van der Waals surface area contributed by atoms with Crippen LogP contribution >= 0.6 is 15.9 Å². The van der Waals surface area contributed by atoms with E-state index in [2.05, 4.69) is 45.1 Å². The standard InChI is InChI=1S/C26H18BrNO2S/c27-25-23-13-7-8-14-24(23)31(29,30)26(25)19-15-17-22(18-16-19)28(20-9-3-1-4-10-20)21-11-5-2-6-12-21/h1-18H. The molecular weight excluding hydrogens is 470 g/mol. The number of fused-ring (bicyclic) bond motifs is 1. The molecule has 4 aromatic carbocycles. The third-order valence-corrected chi connectivity index (χ3v) is 8.30. The highest BCUT2D eigenvalue weighted by molar-refractivity contribution is 9.15. The van der Waals surface area contributed by atoms with Gasteiger partial charge < -0.3 is 4.90 Å². The van der Waals surface area contributed by atoms with Gasteiger partial charge in [0.1, 0.15) is 0 Å². The smallest absolute Gasteiger partial charge is 0.208 e. The van der Waals surface area contributed by atoms with E-state index >= 15 is 0 Å². The fraction of sp³-hybridized carbons (Fsp3) is 0. The van der Waals surface area contributed by atoms with Gasteiger partial charge >= 0.3 is 0 Å². The third-order valence-electron chi connectivity index (χ3n) is 5.30. The predicted octanol–water partition coefficient (Wildman–Crippen LogP) is 7.16. The minimum absolute atomic E-state index is 0.311. The molecular formula is C26H18BrNO2S. The van der Waals surface area contributed by atoms with Crippen molar-refractivity contribution in [3.05, 3.63) is 120 Å². The predicted molar refractivity (Wildman–Crippen MR) is 130 cm³/mol. The average molecular weight is 488 g/mol. The molecule has 0 saturated carbocycles. The molecule has 0 amide bonds. The molecule has 1 aliphatic rings. The summed E-state index contributed by atoms with van der Waals surface area (Å²) in [6.07, 6.45) is 0. The molecule has 31 heavy (non-hydrogen) atoms. The first-order chi connectivity index (χ1) is 15.1. The first-order valence-corrected chi connectivity index (χ1v) is 12.1. The van der Waals surface area contributed by atoms with Crippen molar-refractivity contribution in [2.24, 2.45) is 0 Å². The van der Waals surface area contributed by atoms with Crippen LogP contribution in [-0.2, 0) is 9.84 Å². The van der Waals surface area contributed by atoms with Crippen molar-refractivity contribution in [1.29, 1.82) is 0 Å². The fourth-order valence-electron chi connectivity index (χ4n) is 3.88. The Balaban J connectivity index is 1.59. The Kier molecular flexibility index (Phi) is 5.00. The SMILES string of the molecule is O=S1(=O)C(c2ccc(N(c3ccccc3)c3ccccc3)cc2)=C(Br)c2ccccc21. The summed E-state index contributed by atoms with van der Waals surface area (Å²) < 4.78 is 26.9. The molecule has 0 radical (unpaired) electrons. The summed E-state index contributed by atoms with van der Waals surface area (Å²) in [4.78, 5) is 2.80. The van der Waals surface area contributed by atoms with Crippen molar-refractivity contribution in [3.8, 4) is 0 Å². The summed E-state index contributed by atoms with van der Waals surface area (Å²) in [5, 5.41) is 0. The van der Waals surface area contributed by atoms with E-state index in [1.54, 1.807) is 12.1 Å².